The van der Waals surface area contributed by atoms with Crippen LogP contribution in [0.15, 0.2) is 43.2 Å². The molecule has 0 amide bonds. The largest absolute Gasteiger partial charge is 0.383 e. The van der Waals surface area contributed by atoms with E-state index in [4.69, 9.17) is 0 Å². The predicted molar refractivity (Wildman–Crippen MR) is 80.7 cm³/mol. The van der Waals surface area contributed by atoms with Gasteiger partial charge in [-0.3, -0.25) is 0 Å². The summed E-state index contributed by atoms with van der Waals surface area (Å²) in [6.07, 6.45) is 3.68. The lowest BCUT2D eigenvalue weighted by Gasteiger charge is -2.28. The van der Waals surface area contributed by atoms with E-state index in [-0.39, 0.29) is 29.9 Å². The standard InChI is InChI=1S/C16H15F2N5O/c1-11-15(18)14(21-9-20-11)6-16(24,7-23-10-19-8-22-23)12-4-2-3-5-13(12)17/h2-5,8-10,24H,6-7H2,1H3. The molecule has 0 aliphatic rings. The van der Waals surface area contributed by atoms with E-state index in [0.29, 0.717) is 0 Å². The third-order valence-corrected chi connectivity index (χ3v) is 3.76. The molecular formula is C16H15F2N5O. The molecule has 1 N–H and O–H groups in total. The summed E-state index contributed by atoms with van der Waals surface area (Å²) >= 11 is 0. The summed E-state index contributed by atoms with van der Waals surface area (Å²) in [6, 6.07) is 5.82. The van der Waals surface area contributed by atoms with Gasteiger partial charge in [0.1, 0.15) is 30.4 Å². The van der Waals surface area contributed by atoms with Gasteiger partial charge in [0.15, 0.2) is 5.82 Å². The van der Waals surface area contributed by atoms with E-state index in [0.717, 1.165) is 0 Å². The Bertz CT molecular complexity index is 840. The minimum absolute atomic E-state index is 0.00775. The number of aliphatic hydroxyl groups is 1. The topological polar surface area (TPSA) is 76.7 Å². The second-order valence-electron chi connectivity index (χ2n) is 5.50. The van der Waals surface area contributed by atoms with Crippen molar-refractivity contribution in [1.82, 2.24) is 24.7 Å². The molecule has 1 unspecified atom stereocenters. The molecule has 1 aromatic carbocycles. The molecule has 0 saturated heterocycles. The van der Waals surface area contributed by atoms with Crippen molar-refractivity contribution in [3.63, 3.8) is 0 Å². The Morgan fingerprint density at radius 1 is 1.17 bits per heavy atom. The van der Waals surface area contributed by atoms with Gasteiger partial charge in [-0.15, -0.1) is 0 Å². The predicted octanol–water partition coefficient (Wildman–Crippen LogP) is 1.79. The van der Waals surface area contributed by atoms with Crippen molar-refractivity contribution in [3.8, 4) is 0 Å². The quantitative estimate of drug-likeness (QED) is 0.771. The molecule has 2 heterocycles. The fraction of sp³-hybridized carbons (Fsp3) is 0.250. The number of aromatic nitrogens is 5. The maximum atomic E-state index is 14.3. The Labute approximate surface area is 136 Å². The lowest BCUT2D eigenvalue weighted by molar-refractivity contribution is 0.00997. The highest BCUT2D eigenvalue weighted by atomic mass is 19.1. The average molecular weight is 331 g/mol. The molecule has 0 spiro atoms. The lowest BCUT2D eigenvalue weighted by Crippen LogP contribution is -2.36. The first-order chi connectivity index (χ1) is 11.5. The lowest BCUT2D eigenvalue weighted by atomic mass is 9.88. The highest BCUT2D eigenvalue weighted by Gasteiger charge is 2.35. The maximum Gasteiger partial charge on any atom is 0.165 e. The molecule has 6 nitrogen and oxygen atoms in total. The van der Waals surface area contributed by atoms with Crippen LogP contribution in [0.1, 0.15) is 17.0 Å². The van der Waals surface area contributed by atoms with E-state index >= 15 is 0 Å². The van der Waals surface area contributed by atoms with Crippen LogP contribution in [-0.4, -0.2) is 29.8 Å². The number of hydrogen-bond donors (Lipinski definition) is 1. The first-order valence-corrected chi connectivity index (χ1v) is 7.25. The van der Waals surface area contributed by atoms with E-state index in [1.807, 2.05) is 0 Å². The van der Waals surface area contributed by atoms with Crippen LogP contribution in [0, 0.1) is 18.6 Å². The van der Waals surface area contributed by atoms with Crippen LogP contribution in [0.5, 0.6) is 0 Å². The van der Waals surface area contributed by atoms with Crippen LogP contribution in [0.3, 0.4) is 0 Å². The fourth-order valence-electron chi connectivity index (χ4n) is 2.56. The van der Waals surface area contributed by atoms with Crippen molar-refractivity contribution in [2.75, 3.05) is 0 Å². The number of halogens is 2. The zero-order valence-electron chi connectivity index (χ0n) is 12.9. The summed E-state index contributed by atoms with van der Waals surface area (Å²) in [5.41, 5.74) is -1.54. The Hall–Kier alpha value is -2.74. The van der Waals surface area contributed by atoms with Crippen LogP contribution < -0.4 is 0 Å². The van der Waals surface area contributed by atoms with Gasteiger partial charge in [-0.25, -0.2) is 28.4 Å². The molecule has 0 aliphatic carbocycles. The normalized spacial score (nSPS) is 13.7. The molecule has 24 heavy (non-hydrogen) atoms. The summed E-state index contributed by atoms with van der Waals surface area (Å²) in [4.78, 5) is 11.5. The van der Waals surface area contributed by atoms with E-state index < -0.39 is 17.2 Å². The van der Waals surface area contributed by atoms with Crippen LogP contribution in [0.25, 0.3) is 0 Å². The maximum absolute atomic E-state index is 14.3. The molecule has 8 heteroatoms. The number of aryl methyl sites for hydroxylation is 1. The monoisotopic (exact) mass is 331 g/mol. The zero-order valence-corrected chi connectivity index (χ0v) is 12.9. The van der Waals surface area contributed by atoms with Crippen molar-refractivity contribution in [2.45, 2.75) is 25.5 Å². The van der Waals surface area contributed by atoms with Gasteiger partial charge < -0.3 is 5.11 Å². The van der Waals surface area contributed by atoms with Gasteiger partial charge in [0.25, 0.3) is 0 Å². The number of hydrogen-bond acceptors (Lipinski definition) is 5. The molecule has 0 fully saturated rings. The summed E-state index contributed by atoms with van der Waals surface area (Å²) in [6.45, 7) is 1.40. The van der Waals surface area contributed by atoms with Gasteiger partial charge in [0.05, 0.1) is 17.9 Å². The van der Waals surface area contributed by atoms with Crippen LogP contribution >= 0.6 is 0 Å². The number of rotatable bonds is 5. The van der Waals surface area contributed by atoms with Crippen molar-refractivity contribution < 1.29 is 13.9 Å². The van der Waals surface area contributed by atoms with Gasteiger partial charge >= 0.3 is 0 Å². The van der Waals surface area contributed by atoms with E-state index in [2.05, 4.69) is 20.1 Å². The minimum Gasteiger partial charge on any atom is -0.383 e. The number of benzene rings is 1. The number of nitrogens with zero attached hydrogens (tertiary/aromatic N) is 5. The van der Waals surface area contributed by atoms with Crippen LogP contribution in [-0.2, 0) is 18.6 Å². The molecule has 0 saturated carbocycles. The molecule has 124 valence electrons. The van der Waals surface area contributed by atoms with E-state index in [1.165, 1.54) is 48.8 Å². The smallest absolute Gasteiger partial charge is 0.165 e. The second kappa shape index (κ2) is 6.40. The Balaban J connectivity index is 2.05. The first-order valence-electron chi connectivity index (χ1n) is 7.25. The molecular weight excluding hydrogens is 316 g/mol. The van der Waals surface area contributed by atoms with Gasteiger partial charge in [0.2, 0.25) is 0 Å². The van der Waals surface area contributed by atoms with E-state index in [1.54, 1.807) is 6.07 Å². The highest BCUT2D eigenvalue weighted by Crippen LogP contribution is 2.30. The van der Waals surface area contributed by atoms with Gasteiger partial charge in [-0.05, 0) is 13.0 Å². The molecule has 0 bridgehead atoms. The summed E-state index contributed by atoms with van der Waals surface area (Å²) < 4.78 is 29.9. The highest BCUT2D eigenvalue weighted by molar-refractivity contribution is 5.27. The first kappa shape index (κ1) is 16.1. The summed E-state index contributed by atoms with van der Waals surface area (Å²) in [7, 11) is 0. The molecule has 3 rings (SSSR count). The molecule has 0 aliphatic heterocycles. The van der Waals surface area contributed by atoms with E-state index in [9.17, 15) is 13.9 Å². The van der Waals surface area contributed by atoms with Crippen molar-refractivity contribution in [2.24, 2.45) is 0 Å². The van der Waals surface area contributed by atoms with Gasteiger partial charge in [0, 0.05) is 12.0 Å². The fourth-order valence-corrected chi connectivity index (χ4v) is 2.56. The SMILES string of the molecule is Cc1ncnc(CC(O)(Cn2cncn2)c2ccccc2F)c1F. The van der Waals surface area contributed by atoms with Crippen molar-refractivity contribution >= 4 is 0 Å². The third-order valence-electron chi connectivity index (χ3n) is 3.76. The van der Waals surface area contributed by atoms with Crippen molar-refractivity contribution in [1.29, 1.82) is 0 Å². The minimum atomic E-state index is -1.75. The third kappa shape index (κ3) is 3.13. The van der Waals surface area contributed by atoms with Crippen molar-refractivity contribution in [3.05, 3.63) is 71.8 Å². The summed E-state index contributed by atoms with van der Waals surface area (Å²) in [5.74, 6) is -1.21. The van der Waals surface area contributed by atoms with Crippen LogP contribution in [0.2, 0.25) is 0 Å². The summed E-state index contributed by atoms with van der Waals surface area (Å²) in [5, 5.41) is 15.1. The Kier molecular flexibility index (Phi) is 4.30. The van der Waals surface area contributed by atoms with Gasteiger partial charge in [-0.2, -0.15) is 5.10 Å². The molecule has 2 aromatic heterocycles. The Morgan fingerprint density at radius 3 is 2.67 bits per heavy atom. The van der Waals surface area contributed by atoms with Gasteiger partial charge in [-0.1, -0.05) is 18.2 Å². The molecule has 1 atom stereocenters. The van der Waals surface area contributed by atoms with Crippen LogP contribution in [0.4, 0.5) is 8.78 Å². The molecule has 0 radical (unpaired) electrons. The Morgan fingerprint density at radius 2 is 1.96 bits per heavy atom. The molecule has 3 aromatic rings. The average Bonchev–Trinajstić information content (AvgIpc) is 3.05. The second-order valence-corrected chi connectivity index (χ2v) is 5.50. The zero-order chi connectivity index (χ0) is 17.2.